The van der Waals surface area contributed by atoms with Crippen molar-refractivity contribution in [2.24, 2.45) is 0 Å². The average molecular weight is 337 g/mol. The molecule has 22 heavy (non-hydrogen) atoms. The lowest BCUT2D eigenvalue weighted by atomic mass is 10.1. The fourth-order valence-electron chi connectivity index (χ4n) is 2.04. The van der Waals surface area contributed by atoms with Crippen LogP contribution in [-0.2, 0) is 11.0 Å². The maximum absolute atomic E-state index is 11.7. The smallest absolute Gasteiger partial charge is 0.323 e. The Bertz CT molecular complexity index is 735. The van der Waals surface area contributed by atoms with Gasteiger partial charge < -0.3 is 9.79 Å². The molecular formula is C14H16N3O3PS. The van der Waals surface area contributed by atoms with Gasteiger partial charge in [0.2, 0.25) is 0 Å². The van der Waals surface area contributed by atoms with Crippen LogP contribution >= 0.6 is 18.9 Å². The molecule has 8 heteroatoms. The molecule has 116 valence electrons. The van der Waals surface area contributed by atoms with E-state index in [1.165, 1.54) is 17.4 Å². The first-order valence-electron chi connectivity index (χ1n) is 6.60. The van der Waals surface area contributed by atoms with E-state index in [0.29, 0.717) is 24.1 Å². The van der Waals surface area contributed by atoms with Crippen LogP contribution in [0.1, 0.15) is 27.6 Å². The highest BCUT2D eigenvalue weighted by molar-refractivity contribution is 7.52. The second kappa shape index (κ2) is 7.14. The largest absolute Gasteiger partial charge is 0.346 e. The van der Waals surface area contributed by atoms with Crippen molar-refractivity contribution in [3.8, 4) is 6.07 Å². The molecule has 0 saturated heterocycles. The molecule has 3 N–H and O–H groups in total. The summed E-state index contributed by atoms with van der Waals surface area (Å²) in [5, 5.41) is 14.6. The van der Waals surface area contributed by atoms with Gasteiger partial charge in [-0.1, -0.05) is 12.1 Å². The van der Waals surface area contributed by atoms with Crippen LogP contribution in [0.3, 0.4) is 0 Å². The van der Waals surface area contributed by atoms with Crippen molar-refractivity contribution in [3.05, 3.63) is 51.5 Å². The maximum atomic E-state index is 11.7. The third-order valence-corrected chi connectivity index (χ3v) is 5.19. The molecule has 1 unspecified atom stereocenters. The topological polar surface area (TPSA) is 106 Å². The predicted molar refractivity (Wildman–Crippen MR) is 84.5 cm³/mol. The highest BCUT2D eigenvalue weighted by Gasteiger charge is 2.30. The van der Waals surface area contributed by atoms with Gasteiger partial charge in [0.15, 0.2) is 0 Å². The summed E-state index contributed by atoms with van der Waals surface area (Å²) in [6.45, 7) is 2.29. The predicted octanol–water partition coefficient (Wildman–Crippen LogP) is 2.33. The van der Waals surface area contributed by atoms with Gasteiger partial charge in [-0.15, -0.1) is 11.3 Å². The molecule has 1 atom stereocenters. The van der Waals surface area contributed by atoms with Crippen LogP contribution in [0.25, 0.3) is 0 Å². The standard InChI is InChI=1S/C14H16N3O3PS/c1-10-9-22-13(17-10)5-6-16-14(21(18,19)20)12-4-2-3-11(7-12)8-15/h2-4,7,9,14,16H,5-6H2,1H3,(H2,18,19,20). The van der Waals surface area contributed by atoms with Crippen molar-refractivity contribution in [1.29, 1.82) is 5.26 Å². The summed E-state index contributed by atoms with van der Waals surface area (Å²) in [5.41, 5.74) is 1.71. The van der Waals surface area contributed by atoms with Crippen molar-refractivity contribution >= 4 is 18.9 Å². The van der Waals surface area contributed by atoms with E-state index in [2.05, 4.69) is 10.3 Å². The lowest BCUT2D eigenvalue weighted by Gasteiger charge is -2.20. The molecule has 1 aromatic heterocycles. The number of rotatable bonds is 6. The average Bonchev–Trinajstić information content (AvgIpc) is 2.88. The van der Waals surface area contributed by atoms with E-state index in [9.17, 15) is 14.4 Å². The fourth-order valence-corrected chi connectivity index (χ4v) is 3.73. The Morgan fingerprint density at radius 2 is 2.27 bits per heavy atom. The molecular weight excluding hydrogens is 321 g/mol. The zero-order valence-corrected chi connectivity index (χ0v) is 13.6. The van der Waals surface area contributed by atoms with Crippen LogP contribution in [-0.4, -0.2) is 21.3 Å². The summed E-state index contributed by atoms with van der Waals surface area (Å²) in [6, 6.07) is 8.27. The maximum Gasteiger partial charge on any atom is 0.346 e. The minimum atomic E-state index is -4.38. The van der Waals surface area contributed by atoms with Crippen molar-refractivity contribution < 1.29 is 14.4 Å². The van der Waals surface area contributed by atoms with Crippen LogP contribution in [0.5, 0.6) is 0 Å². The second-order valence-corrected chi connectivity index (χ2v) is 7.45. The Kier molecular flexibility index (Phi) is 5.46. The summed E-state index contributed by atoms with van der Waals surface area (Å²) in [7, 11) is -4.38. The van der Waals surface area contributed by atoms with Crippen molar-refractivity contribution in [3.63, 3.8) is 0 Å². The fraction of sp³-hybridized carbons (Fsp3) is 0.286. The number of aryl methyl sites for hydroxylation is 1. The first-order chi connectivity index (χ1) is 10.4. The summed E-state index contributed by atoms with van der Waals surface area (Å²) in [5.74, 6) is -1.12. The third kappa shape index (κ3) is 4.47. The van der Waals surface area contributed by atoms with Crippen LogP contribution in [0.2, 0.25) is 0 Å². The number of hydrogen-bond acceptors (Lipinski definition) is 5. The summed E-state index contributed by atoms with van der Waals surface area (Å²) in [6.07, 6.45) is 0.590. The van der Waals surface area contributed by atoms with Gasteiger partial charge in [0.25, 0.3) is 0 Å². The van der Waals surface area contributed by atoms with Crippen molar-refractivity contribution in [1.82, 2.24) is 10.3 Å². The molecule has 2 aromatic rings. The molecule has 0 spiro atoms. The Morgan fingerprint density at radius 1 is 1.50 bits per heavy atom. The monoisotopic (exact) mass is 337 g/mol. The second-order valence-electron chi connectivity index (χ2n) is 4.82. The Balaban J connectivity index is 2.10. The molecule has 6 nitrogen and oxygen atoms in total. The molecule has 0 aliphatic heterocycles. The molecule has 0 aliphatic rings. The van der Waals surface area contributed by atoms with E-state index in [1.54, 1.807) is 18.2 Å². The van der Waals surface area contributed by atoms with Crippen molar-refractivity contribution in [2.75, 3.05) is 6.54 Å². The molecule has 0 saturated carbocycles. The van der Waals surface area contributed by atoms with Gasteiger partial charge in [-0.25, -0.2) is 4.98 Å². The van der Waals surface area contributed by atoms with E-state index in [1.807, 2.05) is 18.4 Å². The van der Waals surface area contributed by atoms with Gasteiger partial charge in [-0.2, -0.15) is 5.26 Å². The van der Waals surface area contributed by atoms with Gasteiger partial charge in [-0.3, -0.25) is 9.88 Å². The molecule has 0 amide bonds. The Morgan fingerprint density at radius 3 is 2.86 bits per heavy atom. The molecule has 2 rings (SSSR count). The summed E-state index contributed by atoms with van der Waals surface area (Å²) < 4.78 is 11.7. The minimum Gasteiger partial charge on any atom is -0.323 e. The lowest BCUT2D eigenvalue weighted by molar-refractivity contribution is 0.348. The SMILES string of the molecule is Cc1csc(CCNC(c2cccc(C#N)c2)P(=O)(O)O)n1. The quantitative estimate of drug-likeness (QED) is 0.699. The van der Waals surface area contributed by atoms with Crippen molar-refractivity contribution in [2.45, 2.75) is 19.1 Å². The van der Waals surface area contributed by atoms with Gasteiger partial charge in [-0.05, 0) is 24.6 Å². The van der Waals surface area contributed by atoms with E-state index in [0.717, 1.165) is 10.7 Å². The lowest BCUT2D eigenvalue weighted by Crippen LogP contribution is -2.24. The van der Waals surface area contributed by atoms with E-state index >= 15 is 0 Å². The van der Waals surface area contributed by atoms with E-state index < -0.39 is 13.4 Å². The number of aromatic nitrogens is 1. The molecule has 0 radical (unpaired) electrons. The first-order valence-corrected chi connectivity index (χ1v) is 9.16. The van der Waals surface area contributed by atoms with E-state index in [-0.39, 0.29) is 0 Å². The summed E-state index contributed by atoms with van der Waals surface area (Å²) in [4.78, 5) is 23.4. The van der Waals surface area contributed by atoms with E-state index in [4.69, 9.17) is 5.26 Å². The Hall–Kier alpha value is -1.55. The number of benzene rings is 1. The normalized spacial score (nSPS) is 12.8. The molecule has 0 fully saturated rings. The third-order valence-electron chi connectivity index (χ3n) is 3.01. The van der Waals surface area contributed by atoms with Crippen LogP contribution in [0.4, 0.5) is 0 Å². The zero-order chi connectivity index (χ0) is 16.2. The van der Waals surface area contributed by atoms with Crippen LogP contribution in [0.15, 0.2) is 29.6 Å². The van der Waals surface area contributed by atoms with Gasteiger partial charge >= 0.3 is 7.60 Å². The van der Waals surface area contributed by atoms with Crippen LogP contribution in [0, 0.1) is 18.3 Å². The highest BCUT2D eigenvalue weighted by atomic mass is 32.1. The zero-order valence-electron chi connectivity index (χ0n) is 11.9. The minimum absolute atomic E-state index is 0.369. The number of thiazole rings is 1. The first kappa shape index (κ1) is 16.8. The Labute approximate surface area is 132 Å². The number of nitrogens with zero attached hydrogens (tertiary/aromatic N) is 2. The molecule has 1 heterocycles. The number of hydrogen-bond donors (Lipinski definition) is 3. The number of nitrogens with one attached hydrogen (secondary N) is 1. The molecule has 1 aromatic carbocycles. The van der Waals surface area contributed by atoms with Gasteiger partial charge in [0.05, 0.1) is 16.6 Å². The van der Waals surface area contributed by atoms with Gasteiger partial charge in [0.1, 0.15) is 5.78 Å². The van der Waals surface area contributed by atoms with Gasteiger partial charge in [0, 0.05) is 24.0 Å². The highest BCUT2D eigenvalue weighted by Crippen LogP contribution is 2.49. The molecule has 0 bridgehead atoms. The number of nitriles is 1. The summed E-state index contributed by atoms with van der Waals surface area (Å²) >= 11 is 1.52. The molecule has 0 aliphatic carbocycles. The van der Waals surface area contributed by atoms with Crippen LogP contribution < -0.4 is 5.32 Å².